The first kappa shape index (κ1) is 26.5. The topological polar surface area (TPSA) is 40.5 Å². The van der Waals surface area contributed by atoms with E-state index in [9.17, 15) is 10.2 Å². The molecule has 32 heavy (non-hydrogen) atoms. The molecule has 0 radical (unpaired) electrons. The van der Waals surface area contributed by atoms with Crippen LogP contribution in [0.15, 0.2) is 0 Å². The fourth-order valence-electron chi connectivity index (χ4n) is 8.52. The van der Waals surface area contributed by atoms with Gasteiger partial charge in [0, 0.05) is 0 Å². The van der Waals surface area contributed by atoms with Crippen molar-refractivity contribution in [1.82, 2.24) is 0 Å². The Kier molecular flexibility index (Phi) is 8.85. The zero-order valence-electron chi connectivity index (χ0n) is 22.5. The van der Waals surface area contributed by atoms with Crippen LogP contribution < -0.4 is 0 Å². The van der Waals surface area contributed by atoms with E-state index in [1.165, 1.54) is 64.2 Å². The first-order valence-electron chi connectivity index (χ1n) is 14.5. The Labute approximate surface area is 200 Å². The predicted octanol–water partition coefficient (Wildman–Crippen LogP) is 8.14. The van der Waals surface area contributed by atoms with Crippen LogP contribution in [0.2, 0.25) is 0 Å². The van der Waals surface area contributed by atoms with Gasteiger partial charge in [0.25, 0.3) is 0 Å². The molecule has 2 N–H and O–H groups in total. The smallest absolute Gasteiger partial charge is 0.0648 e. The molecule has 0 unspecified atom stereocenters. The number of fused-ring (bicyclic) bond motifs is 3. The lowest BCUT2D eigenvalue weighted by atomic mass is 9.46. The summed E-state index contributed by atoms with van der Waals surface area (Å²) in [6.45, 7) is 13.5. The van der Waals surface area contributed by atoms with Crippen LogP contribution in [0.3, 0.4) is 0 Å². The average molecular weight is 449 g/mol. The van der Waals surface area contributed by atoms with Gasteiger partial charge in [0.1, 0.15) is 0 Å². The maximum atomic E-state index is 11.0. The largest absolute Gasteiger partial charge is 0.390 e. The summed E-state index contributed by atoms with van der Waals surface area (Å²) in [5.74, 6) is 5.17. The van der Waals surface area contributed by atoms with Gasteiger partial charge in [-0.15, -0.1) is 0 Å². The minimum atomic E-state index is -0.514. The maximum Gasteiger partial charge on any atom is 0.0648 e. The summed E-state index contributed by atoms with van der Waals surface area (Å²) < 4.78 is 0. The van der Waals surface area contributed by atoms with Crippen molar-refractivity contribution in [1.29, 1.82) is 0 Å². The molecule has 3 saturated carbocycles. The van der Waals surface area contributed by atoms with Crippen LogP contribution in [0.5, 0.6) is 0 Å². The molecule has 2 heteroatoms. The fraction of sp³-hybridized carbons (Fsp3) is 1.00. The van der Waals surface area contributed by atoms with Gasteiger partial charge >= 0.3 is 0 Å². The van der Waals surface area contributed by atoms with Gasteiger partial charge in [-0.25, -0.2) is 0 Å². The second-order valence-corrected chi connectivity index (χ2v) is 13.5. The standard InChI is InChI=1S/C30H56O2/c1-7-23(22(3)11-10-18-28(4,5)31)14-15-24-12-9-13-27-26(24)17-16-25-21-30(32,8-2)20-19-29(25,27)6/h22-27,31-32H,7-21H2,1-6H3/t22-,23-,24+,25+,26+,27+,29+,30+/m1/s1. The van der Waals surface area contributed by atoms with Gasteiger partial charge in [0.05, 0.1) is 11.2 Å². The highest BCUT2D eigenvalue weighted by atomic mass is 16.3. The minimum Gasteiger partial charge on any atom is -0.390 e. The van der Waals surface area contributed by atoms with E-state index in [4.69, 9.17) is 0 Å². The fourth-order valence-corrected chi connectivity index (χ4v) is 8.52. The van der Waals surface area contributed by atoms with Gasteiger partial charge in [-0.1, -0.05) is 59.8 Å². The second kappa shape index (κ2) is 10.7. The van der Waals surface area contributed by atoms with Crippen molar-refractivity contribution >= 4 is 0 Å². The normalized spacial score (nSPS) is 39.8. The van der Waals surface area contributed by atoms with E-state index in [-0.39, 0.29) is 5.60 Å². The molecule has 3 aliphatic rings. The molecule has 188 valence electrons. The van der Waals surface area contributed by atoms with E-state index < -0.39 is 5.60 Å². The number of hydrogen-bond acceptors (Lipinski definition) is 2. The van der Waals surface area contributed by atoms with Crippen LogP contribution in [0.25, 0.3) is 0 Å². The van der Waals surface area contributed by atoms with Crippen molar-refractivity contribution < 1.29 is 10.2 Å². The van der Waals surface area contributed by atoms with Crippen molar-refractivity contribution in [2.75, 3.05) is 0 Å². The summed E-state index contributed by atoms with van der Waals surface area (Å²) in [5.41, 5.74) is -0.405. The molecule has 0 spiro atoms. The van der Waals surface area contributed by atoms with E-state index in [1.807, 2.05) is 13.8 Å². The Morgan fingerprint density at radius 2 is 1.78 bits per heavy atom. The van der Waals surface area contributed by atoms with Crippen LogP contribution in [0.1, 0.15) is 138 Å². The Bertz CT molecular complexity index is 580. The molecule has 0 aliphatic heterocycles. The number of hydrogen-bond donors (Lipinski definition) is 2. The lowest BCUT2D eigenvalue weighted by Gasteiger charge is -2.59. The van der Waals surface area contributed by atoms with Gasteiger partial charge in [-0.3, -0.25) is 0 Å². The van der Waals surface area contributed by atoms with Gasteiger partial charge in [0.2, 0.25) is 0 Å². The molecule has 0 saturated heterocycles. The van der Waals surface area contributed by atoms with Crippen LogP contribution in [0.4, 0.5) is 0 Å². The third-order valence-electron chi connectivity index (χ3n) is 10.9. The third kappa shape index (κ3) is 6.12. The highest BCUT2D eigenvalue weighted by molar-refractivity contribution is 5.05. The van der Waals surface area contributed by atoms with Gasteiger partial charge in [-0.2, -0.15) is 0 Å². The SMILES string of the molecule is CC[C@H](CC[C@@H]1CCC[C@H]2[C@H]1CC[C@H]1C[C@](O)(CC)CC[C@@]12C)[C@H](C)CCCC(C)(C)O. The molecule has 0 amide bonds. The monoisotopic (exact) mass is 448 g/mol. The Hall–Kier alpha value is -0.0800. The maximum absolute atomic E-state index is 11.0. The van der Waals surface area contributed by atoms with Crippen molar-refractivity contribution in [3.05, 3.63) is 0 Å². The zero-order chi connectivity index (χ0) is 23.6. The molecule has 0 heterocycles. The van der Waals surface area contributed by atoms with E-state index in [0.717, 1.165) is 67.6 Å². The highest BCUT2D eigenvalue weighted by Gasteiger charge is 2.54. The number of rotatable bonds is 10. The van der Waals surface area contributed by atoms with Crippen molar-refractivity contribution in [2.45, 2.75) is 149 Å². The molecule has 3 rings (SSSR count). The second-order valence-electron chi connectivity index (χ2n) is 13.5. The van der Waals surface area contributed by atoms with Crippen LogP contribution in [-0.2, 0) is 0 Å². The lowest BCUT2D eigenvalue weighted by molar-refractivity contribution is -0.135. The zero-order valence-corrected chi connectivity index (χ0v) is 22.5. The first-order valence-corrected chi connectivity index (χ1v) is 14.5. The summed E-state index contributed by atoms with van der Waals surface area (Å²) in [6, 6.07) is 0. The molecular weight excluding hydrogens is 392 g/mol. The highest BCUT2D eigenvalue weighted by Crippen LogP contribution is 2.62. The van der Waals surface area contributed by atoms with Crippen LogP contribution >= 0.6 is 0 Å². The van der Waals surface area contributed by atoms with Crippen molar-refractivity contribution in [3.8, 4) is 0 Å². The van der Waals surface area contributed by atoms with Gasteiger partial charge in [-0.05, 0) is 119 Å². The minimum absolute atomic E-state index is 0.374. The van der Waals surface area contributed by atoms with Gasteiger partial charge in [0.15, 0.2) is 0 Å². The predicted molar refractivity (Wildman–Crippen MR) is 137 cm³/mol. The van der Waals surface area contributed by atoms with E-state index in [2.05, 4.69) is 27.7 Å². The Morgan fingerprint density at radius 1 is 1.03 bits per heavy atom. The molecule has 2 nitrogen and oxygen atoms in total. The van der Waals surface area contributed by atoms with Crippen molar-refractivity contribution in [2.24, 2.45) is 40.9 Å². The molecule has 0 aromatic rings. The average Bonchev–Trinajstić information content (AvgIpc) is 2.74. The summed E-state index contributed by atoms with van der Waals surface area (Å²) in [5, 5.41) is 21.0. The quantitative estimate of drug-likeness (QED) is 0.354. The lowest BCUT2D eigenvalue weighted by Crippen LogP contribution is -2.53. The van der Waals surface area contributed by atoms with Crippen molar-refractivity contribution in [3.63, 3.8) is 0 Å². The molecule has 0 aromatic heterocycles. The van der Waals surface area contributed by atoms with Crippen LogP contribution in [0, 0.1) is 40.9 Å². The molecular formula is C30H56O2. The Balaban J connectivity index is 1.56. The number of aliphatic hydroxyl groups is 2. The van der Waals surface area contributed by atoms with E-state index in [0.29, 0.717) is 5.41 Å². The first-order chi connectivity index (χ1) is 15.0. The summed E-state index contributed by atoms with van der Waals surface area (Å²) in [7, 11) is 0. The summed E-state index contributed by atoms with van der Waals surface area (Å²) in [4.78, 5) is 0. The molecule has 8 atom stereocenters. The van der Waals surface area contributed by atoms with Gasteiger partial charge < -0.3 is 10.2 Å². The molecule has 0 aromatic carbocycles. The molecule has 0 bridgehead atoms. The summed E-state index contributed by atoms with van der Waals surface area (Å²) in [6.07, 6.45) is 18.9. The summed E-state index contributed by atoms with van der Waals surface area (Å²) >= 11 is 0. The van der Waals surface area contributed by atoms with Crippen LogP contribution in [-0.4, -0.2) is 21.4 Å². The molecule has 3 fully saturated rings. The van der Waals surface area contributed by atoms with E-state index >= 15 is 0 Å². The molecule has 3 aliphatic carbocycles. The Morgan fingerprint density at radius 3 is 2.44 bits per heavy atom. The van der Waals surface area contributed by atoms with E-state index in [1.54, 1.807) is 0 Å². The third-order valence-corrected chi connectivity index (χ3v) is 10.9.